The van der Waals surface area contributed by atoms with Crippen molar-refractivity contribution < 1.29 is 8.83 Å². The maximum absolute atomic E-state index is 6.47. The third-order valence-corrected chi connectivity index (χ3v) is 7.78. The van der Waals surface area contributed by atoms with Crippen molar-refractivity contribution in [3.63, 3.8) is 0 Å². The van der Waals surface area contributed by atoms with Gasteiger partial charge in [-0.15, -0.1) is 0 Å². The predicted molar refractivity (Wildman–Crippen MR) is 154 cm³/mol. The molecule has 37 heavy (non-hydrogen) atoms. The molecule has 3 nitrogen and oxygen atoms in total. The van der Waals surface area contributed by atoms with Crippen molar-refractivity contribution in [3.8, 4) is 11.1 Å². The Kier molecular flexibility index (Phi) is 3.93. The van der Waals surface area contributed by atoms with Crippen LogP contribution in [0.25, 0.3) is 76.8 Å². The number of para-hydroxylation sites is 2. The zero-order valence-corrected chi connectivity index (χ0v) is 21.0. The highest BCUT2D eigenvalue weighted by molar-refractivity contribution is 6.23. The molecule has 3 aromatic heterocycles. The highest BCUT2D eigenvalue weighted by Crippen LogP contribution is 2.41. The van der Waals surface area contributed by atoms with Gasteiger partial charge in [0, 0.05) is 38.0 Å². The monoisotopic (exact) mass is 479 g/mol. The molecular weight excluding hydrogens is 454 g/mol. The van der Waals surface area contributed by atoms with Gasteiger partial charge in [0.05, 0.1) is 10.9 Å². The fraction of sp³-hybridized carbons (Fsp3) is 0.118. The summed E-state index contributed by atoms with van der Waals surface area (Å²) in [5, 5.41) is 6.88. The number of H-pyrrole nitrogens is 1. The first-order valence-electron chi connectivity index (χ1n) is 12.8. The number of hydrogen-bond acceptors (Lipinski definition) is 2. The standard InChI is InChI=1S/C34H25NO2/c1-34(2,3)20-12-16-30-25(18-20)23-9-6-8-21(32(23)36-30)19-11-14-27-26(17-19)31-28(35-27)15-13-24-22-7-4-5-10-29(22)37-33(24)31/h4-18,35H,1-3H3. The number of rotatable bonds is 1. The van der Waals surface area contributed by atoms with Gasteiger partial charge in [0.2, 0.25) is 0 Å². The number of fused-ring (bicyclic) bond motifs is 10. The molecule has 0 unspecified atom stereocenters. The Bertz CT molecular complexity index is 2180. The summed E-state index contributed by atoms with van der Waals surface area (Å²) in [6, 6.07) is 32.2. The maximum atomic E-state index is 6.47. The minimum atomic E-state index is 0.0811. The zero-order valence-electron chi connectivity index (χ0n) is 21.0. The first-order chi connectivity index (χ1) is 18.0. The molecule has 3 heteroatoms. The Labute approximate surface area is 213 Å². The van der Waals surface area contributed by atoms with Crippen molar-refractivity contribution in [3.05, 3.63) is 96.6 Å². The minimum absolute atomic E-state index is 0.0811. The summed E-state index contributed by atoms with van der Waals surface area (Å²) in [7, 11) is 0. The first-order valence-corrected chi connectivity index (χ1v) is 12.8. The normalized spacial score (nSPS) is 12.7. The van der Waals surface area contributed by atoms with E-state index in [0.717, 1.165) is 71.4 Å². The molecule has 1 N–H and O–H groups in total. The SMILES string of the molecule is CC(C)(C)c1ccc2oc3c(-c4ccc5[nH]c6ccc7c8ccccc8oc7c6c5c4)cccc3c2c1. The van der Waals surface area contributed by atoms with E-state index in [1.807, 2.05) is 12.1 Å². The second-order valence-electron chi connectivity index (χ2n) is 11.1. The van der Waals surface area contributed by atoms with Gasteiger partial charge in [-0.2, -0.15) is 0 Å². The fourth-order valence-electron chi connectivity index (χ4n) is 5.83. The molecule has 0 fully saturated rings. The smallest absolute Gasteiger partial charge is 0.145 e. The molecule has 0 aliphatic rings. The largest absolute Gasteiger partial charge is 0.455 e. The summed E-state index contributed by atoms with van der Waals surface area (Å²) in [4.78, 5) is 3.59. The van der Waals surface area contributed by atoms with Crippen molar-refractivity contribution >= 4 is 65.7 Å². The van der Waals surface area contributed by atoms with Crippen molar-refractivity contribution in [1.82, 2.24) is 4.98 Å². The van der Waals surface area contributed by atoms with Crippen LogP contribution in [0.4, 0.5) is 0 Å². The summed E-state index contributed by atoms with van der Waals surface area (Å²) in [6.07, 6.45) is 0. The fourth-order valence-corrected chi connectivity index (χ4v) is 5.83. The highest BCUT2D eigenvalue weighted by atomic mass is 16.3. The van der Waals surface area contributed by atoms with E-state index in [1.165, 1.54) is 10.9 Å². The van der Waals surface area contributed by atoms with Crippen LogP contribution in [0.15, 0.2) is 99.8 Å². The number of furan rings is 2. The van der Waals surface area contributed by atoms with Crippen LogP contribution in [0.5, 0.6) is 0 Å². The summed E-state index contributed by atoms with van der Waals surface area (Å²) >= 11 is 0. The molecule has 5 aromatic carbocycles. The molecule has 0 radical (unpaired) electrons. The number of hydrogen-bond donors (Lipinski definition) is 1. The van der Waals surface area contributed by atoms with Gasteiger partial charge in [-0.25, -0.2) is 0 Å². The molecule has 0 aliphatic carbocycles. The summed E-state index contributed by atoms with van der Waals surface area (Å²) in [5.74, 6) is 0. The van der Waals surface area contributed by atoms with Crippen LogP contribution < -0.4 is 0 Å². The third kappa shape index (κ3) is 2.88. The molecule has 0 aliphatic heterocycles. The molecular formula is C34H25NO2. The molecule has 0 atom stereocenters. The summed E-state index contributed by atoms with van der Waals surface area (Å²) < 4.78 is 12.9. The number of aromatic amines is 1. The molecule has 178 valence electrons. The lowest BCUT2D eigenvalue weighted by atomic mass is 9.86. The lowest BCUT2D eigenvalue weighted by Crippen LogP contribution is -2.10. The van der Waals surface area contributed by atoms with Crippen LogP contribution in [-0.4, -0.2) is 4.98 Å². The molecule has 0 saturated heterocycles. The van der Waals surface area contributed by atoms with Crippen LogP contribution in [0.2, 0.25) is 0 Å². The van der Waals surface area contributed by atoms with E-state index >= 15 is 0 Å². The summed E-state index contributed by atoms with van der Waals surface area (Å²) in [5.41, 5.74) is 9.48. The van der Waals surface area contributed by atoms with Gasteiger partial charge in [-0.1, -0.05) is 69.3 Å². The van der Waals surface area contributed by atoms with Crippen molar-refractivity contribution in [2.45, 2.75) is 26.2 Å². The van der Waals surface area contributed by atoms with Gasteiger partial charge in [0.1, 0.15) is 22.3 Å². The van der Waals surface area contributed by atoms with Crippen molar-refractivity contribution in [2.24, 2.45) is 0 Å². The quantitative estimate of drug-likeness (QED) is 0.254. The molecule has 8 rings (SSSR count). The van der Waals surface area contributed by atoms with Crippen LogP contribution in [0.3, 0.4) is 0 Å². The molecule has 0 amide bonds. The van der Waals surface area contributed by atoms with Crippen LogP contribution in [0, 0.1) is 0 Å². The van der Waals surface area contributed by atoms with E-state index in [-0.39, 0.29) is 5.41 Å². The third-order valence-electron chi connectivity index (χ3n) is 7.78. The Morgan fingerprint density at radius 2 is 1.32 bits per heavy atom. The van der Waals surface area contributed by atoms with E-state index in [1.54, 1.807) is 0 Å². The number of aromatic nitrogens is 1. The number of nitrogens with one attached hydrogen (secondary N) is 1. The van der Waals surface area contributed by atoms with Gasteiger partial charge in [0.25, 0.3) is 0 Å². The second-order valence-corrected chi connectivity index (χ2v) is 11.1. The second kappa shape index (κ2) is 7.04. The lowest BCUT2D eigenvalue weighted by molar-refractivity contribution is 0.590. The molecule has 0 saturated carbocycles. The Morgan fingerprint density at radius 3 is 2.22 bits per heavy atom. The van der Waals surface area contributed by atoms with Gasteiger partial charge < -0.3 is 13.8 Å². The van der Waals surface area contributed by atoms with E-state index in [0.29, 0.717) is 0 Å². The van der Waals surface area contributed by atoms with Crippen LogP contribution in [-0.2, 0) is 5.41 Å². The first kappa shape index (κ1) is 20.7. The molecule has 0 bridgehead atoms. The Hall–Kier alpha value is -4.50. The Balaban J connectivity index is 1.40. The van der Waals surface area contributed by atoms with Gasteiger partial charge >= 0.3 is 0 Å². The average Bonchev–Trinajstić information content (AvgIpc) is 3.57. The van der Waals surface area contributed by atoms with Gasteiger partial charge in [-0.05, 0) is 59.0 Å². The topological polar surface area (TPSA) is 42.1 Å². The lowest BCUT2D eigenvalue weighted by Gasteiger charge is -2.18. The highest BCUT2D eigenvalue weighted by Gasteiger charge is 2.19. The average molecular weight is 480 g/mol. The Morgan fingerprint density at radius 1 is 0.568 bits per heavy atom. The van der Waals surface area contributed by atoms with Gasteiger partial charge in [-0.3, -0.25) is 0 Å². The van der Waals surface area contributed by atoms with E-state index in [4.69, 9.17) is 8.83 Å². The summed E-state index contributed by atoms with van der Waals surface area (Å²) in [6.45, 7) is 6.74. The molecule has 0 spiro atoms. The van der Waals surface area contributed by atoms with Crippen LogP contribution in [0.1, 0.15) is 26.3 Å². The van der Waals surface area contributed by atoms with E-state index < -0.39 is 0 Å². The van der Waals surface area contributed by atoms with Gasteiger partial charge in [0.15, 0.2) is 0 Å². The molecule has 3 heterocycles. The predicted octanol–water partition coefficient (Wildman–Crippen LogP) is 10.1. The van der Waals surface area contributed by atoms with E-state index in [2.05, 4.69) is 105 Å². The van der Waals surface area contributed by atoms with Crippen molar-refractivity contribution in [2.75, 3.05) is 0 Å². The molecule has 8 aromatic rings. The van der Waals surface area contributed by atoms with Crippen molar-refractivity contribution in [1.29, 1.82) is 0 Å². The minimum Gasteiger partial charge on any atom is -0.455 e. The van der Waals surface area contributed by atoms with E-state index in [9.17, 15) is 0 Å². The zero-order chi connectivity index (χ0) is 24.9. The van der Waals surface area contributed by atoms with Crippen LogP contribution >= 0.6 is 0 Å². The maximum Gasteiger partial charge on any atom is 0.145 e. The number of benzene rings is 5.